The summed E-state index contributed by atoms with van der Waals surface area (Å²) in [6, 6.07) is 2.40. The van der Waals surface area contributed by atoms with E-state index in [-0.39, 0.29) is 11.7 Å². The summed E-state index contributed by atoms with van der Waals surface area (Å²) in [7, 11) is -3.16. The van der Waals surface area contributed by atoms with Crippen molar-refractivity contribution in [1.82, 2.24) is 9.55 Å². The number of fused-ring (bicyclic) bond motifs is 1. The number of nitrogens with two attached hydrogens (primary N) is 1. The molecule has 19 heavy (non-hydrogen) atoms. The minimum absolute atomic E-state index is 0.0830. The second kappa shape index (κ2) is 4.75. The van der Waals surface area contributed by atoms with Gasteiger partial charge < -0.3 is 10.3 Å². The summed E-state index contributed by atoms with van der Waals surface area (Å²) < 4.78 is 38.1. The lowest BCUT2D eigenvalue weighted by Crippen LogP contribution is -2.18. The van der Waals surface area contributed by atoms with Gasteiger partial charge in [-0.1, -0.05) is 0 Å². The van der Waals surface area contributed by atoms with Crippen molar-refractivity contribution < 1.29 is 12.8 Å². The number of hydrogen-bond donors (Lipinski definition) is 1. The second-order valence-corrected chi connectivity index (χ2v) is 7.58. The molecule has 0 amide bonds. The highest BCUT2D eigenvalue weighted by atomic mass is 79.9. The Bertz CT molecular complexity index is 742. The number of hydrogen-bond acceptors (Lipinski definition) is 4. The van der Waals surface area contributed by atoms with Crippen molar-refractivity contribution in [2.75, 3.05) is 17.7 Å². The molecule has 1 aromatic heterocycles. The van der Waals surface area contributed by atoms with Crippen molar-refractivity contribution in [3.05, 3.63) is 22.4 Å². The maximum Gasteiger partial charge on any atom is 0.201 e. The first-order chi connectivity index (χ1) is 8.69. The fraction of sp³-hybridized carbons (Fsp3) is 0.364. The third-order valence-electron chi connectivity index (χ3n) is 2.74. The van der Waals surface area contributed by atoms with Crippen molar-refractivity contribution in [3.63, 3.8) is 0 Å². The number of nitrogens with zero attached hydrogens (tertiary/aromatic N) is 2. The molecular weight excluding hydrogens is 337 g/mol. The highest BCUT2D eigenvalue weighted by Gasteiger charge is 2.19. The van der Waals surface area contributed by atoms with E-state index in [1.807, 2.05) is 0 Å². The summed E-state index contributed by atoms with van der Waals surface area (Å²) in [5, 5.41) is 0. The van der Waals surface area contributed by atoms with E-state index >= 15 is 0 Å². The number of benzene rings is 1. The fourth-order valence-corrected chi connectivity index (χ4v) is 3.44. The van der Waals surface area contributed by atoms with Crippen LogP contribution < -0.4 is 5.73 Å². The number of nitrogen functional groups attached to an aromatic ring is 1. The summed E-state index contributed by atoms with van der Waals surface area (Å²) in [6.45, 7) is 1.71. The number of rotatable bonds is 3. The molecule has 0 saturated heterocycles. The highest BCUT2D eigenvalue weighted by molar-refractivity contribution is 9.10. The normalized spacial score (nSPS) is 13.9. The Kier molecular flexibility index (Phi) is 3.57. The zero-order valence-electron chi connectivity index (χ0n) is 10.4. The van der Waals surface area contributed by atoms with Crippen molar-refractivity contribution in [2.24, 2.45) is 0 Å². The monoisotopic (exact) mass is 349 g/mol. The van der Waals surface area contributed by atoms with Crippen LogP contribution >= 0.6 is 15.9 Å². The first kappa shape index (κ1) is 14.3. The predicted octanol–water partition coefficient (Wildman–Crippen LogP) is 2.13. The molecule has 0 radical (unpaired) electrons. The molecule has 0 fully saturated rings. The molecule has 0 aliphatic rings. The Morgan fingerprint density at radius 2 is 2.16 bits per heavy atom. The lowest BCUT2D eigenvalue weighted by molar-refractivity contribution is 0.571. The molecule has 2 N–H and O–H groups in total. The molecule has 0 spiro atoms. The SMILES string of the molecule is CC(CS(C)(=O)=O)n1c(N)nc2cc(Br)c(F)cc21. The Labute approximate surface area is 118 Å². The van der Waals surface area contributed by atoms with Crippen LogP contribution in [0.1, 0.15) is 13.0 Å². The molecule has 0 aliphatic heterocycles. The van der Waals surface area contributed by atoms with Crippen molar-refractivity contribution >= 4 is 42.7 Å². The van der Waals surface area contributed by atoms with Gasteiger partial charge in [0.15, 0.2) is 0 Å². The molecule has 1 heterocycles. The minimum atomic E-state index is -3.16. The van der Waals surface area contributed by atoms with Crippen LogP contribution in [0.5, 0.6) is 0 Å². The van der Waals surface area contributed by atoms with Gasteiger partial charge >= 0.3 is 0 Å². The first-order valence-electron chi connectivity index (χ1n) is 5.49. The molecule has 5 nitrogen and oxygen atoms in total. The first-order valence-corrected chi connectivity index (χ1v) is 8.34. The van der Waals surface area contributed by atoms with Crippen LogP contribution in [-0.4, -0.2) is 30.0 Å². The Balaban J connectivity index is 2.60. The van der Waals surface area contributed by atoms with Crippen molar-refractivity contribution in [2.45, 2.75) is 13.0 Å². The van der Waals surface area contributed by atoms with Crippen LogP contribution in [0, 0.1) is 5.82 Å². The van der Waals surface area contributed by atoms with Crippen LogP contribution in [0.2, 0.25) is 0 Å². The molecule has 104 valence electrons. The fourth-order valence-electron chi connectivity index (χ4n) is 2.08. The molecular formula is C11H13BrFN3O2S. The van der Waals surface area contributed by atoms with Crippen LogP contribution in [0.4, 0.5) is 10.3 Å². The van der Waals surface area contributed by atoms with Crippen LogP contribution in [0.15, 0.2) is 16.6 Å². The van der Waals surface area contributed by atoms with Crippen LogP contribution in [0.25, 0.3) is 11.0 Å². The summed E-state index contributed by atoms with van der Waals surface area (Å²) >= 11 is 3.08. The number of sulfone groups is 1. The topological polar surface area (TPSA) is 78.0 Å². The number of imidazole rings is 1. The van der Waals surface area contributed by atoms with E-state index in [2.05, 4.69) is 20.9 Å². The molecule has 1 aromatic carbocycles. The molecule has 0 saturated carbocycles. The van der Waals surface area contributed by atoms with Crippen molar-refractivity contribution in [1.29, 1.82) is 0 Å². The number of anilines is 1. The van der Waals surface area contributed by atoms with Gasteiger partial charge in [-0.05, 0) is 28.9 Å². The quantitative estimate of drug-likeness (QED) is 0.920. The lowest BCUT2D eigenvalue weighted by atomic mass is 10.3. The van der Waals surface area contributed by atoms with E-state index < -0.39 is 21.7 Å². The molecule has 1 atom stereocenters. The van der Waals surface area contributed by atoms with Gasteiger partial charge in [-0.2, -0.15) is 0 Å². The molecule has 2 aromatic rings. The van der Waals surface area contributed by atoms with Gasteiger partial charge in [0.1, 0.15) is 15.7 Å². The number of aromatic nitrogens is 2. The lowest BCUT2D eigenvalue weighted by Gasteiger charge is -2.14. The van der Waals surface area contributed by atoms with Gasteiger partial charge in [-0.25, -0.2) is 17.8 Å². The maximum absolute atomic E-state index is 13.6. The standard InChI is InChI=1S/C11H13BrFN3O2S/c1-6(5-19(2,17)18)16-10-4-8(13)7(12)3-9(10)15-11(16)14/h3-4,6H,5H2,1-2H3,(H2,14,15). The van der Waals surface area contributed by atoms with Crippen LogP contribution in [0.3, 0.4) is 0 Å². The second-order valence-electron chi connectivity index (χ2n) is 4.54. The van der Waals surface area contributed by atoms with E-state index in [9.17, 15) is 12.8 Å². The highest BCUT2D eigenvalue weighted by Crippen LogP contribution is 2.28. The Hall–Kier alpha value is -1.15. The maximum atomic E-state index is 13.6. The largest absolute Gasteiger partial charge is 0.369 e. The molecule has 1 unspecified atom stereocenters. The molecule has 0 aliphatic carbocycles. The van der Waals surface area contributed by atoms with Gasteiger partial charge in [-0.15, -0.1) is 0 Å². The molecule has 2 rings (SSSR count). The van der Waals surface area contributed by atoms with E-state index in [1.165, 1.54) is 16.7 Å². The molecule has 8 heteroatoms. The summed E-state index contributed by atoms with van der Waals surface area (Å²) in [4.78, 5) is 4.12. The average Bonchev–Trinajstić information content (AvgIpc) is 2.52. The zero-order valence-corrected chi connectivity index (χ0v) is 12.8. The summed E-state index contributed by atoms with van der Waals surface area (Å²) in [5.41, 5.74) is 6.79. The number of halogens is 2. The third kappa shape index (κ3) is 2.89. The molecule has 0 bridgehead atoms. The van der Waals surface area contributed by atoms with Crippen molar-refractivity contribution in [3.8, 4) is 0 Å². The average molecular weight is 350 g/mol. The van der Waals surface area contributed by atoms with Gasteiger partial charge in [0, 0.05) is 18.4 Å². The van der Waals surface area contributed by atoms with Crippen LogP contribution in [-0.2, 0) is 9.84 Å². The minimum Gasteiger partial charge on any atom is -0.369 e. The Morgan fingerprint density at radius 3 is 2.74 bits per heavy atom. The predicted molar refractivity (Wildman–Crippen MR) is 76.2 cm³/mol. The van der Waals surface area contributed by atoms with Gasteiger partial charge in [0.2, 0.25) is 5.95 Å². The zero-order chi connectivity index (χ0) is 14.4. The smallest absolute Gasteiger partial charge is 0.201 e. The summed E-state index contributed by atoms with van der Waals surface area (Å²) in [5.74, 6) is -0.357. The third-order valence-corrected chi connectivity index (χ3v) is 4.44. The summed E-state index contributed by atoms with van der Waals surface area (Å²) in [6.07, 6.45) is 1.15. The van der Waals surface area contributed by atoms with E-state index in [1.54, 1.807) is 6.92 Å². The van der Waals surface area contributed by atoms with Gasteiger partial charge in [0.25, 0.3) is 0 Å². The van der Waals surface area contributed by atoms with E-state index in [0.717, 1.165) is 6.26 Å². The van der Waals surface area contributed by atoms with E-state index in [4.69, 9.17) is 5.73 Å². The van der Waals surface area contributed by atoms with Gasteiger partial charge in [-0.3, -0.25) is 0 Å². The van der Waals surface area contributed by atoms with Gasteiger partial charge in [0.05, 0.1) is 21.3 Å². The Morgan fingerprint density at radius 1 is 1.53 bits per heavy atom. The van der Waals surface area contributed by atoms with E-state index in [0.29, 0.717) is 15.5 Å².